The van der Waals surface area contributed by atoms with E-state index in [0.29, 0.717) is 12.8 Å². The van der Waals surface area contributed by atoms with Crippen molar-refractivity contribution in [3.05, 3.63) is 24.3 Å². The number of carbonyl (C=O) groups excluding carboxylic acids is 1. The first-order valence-electron chi connectivity index (χ1n) is 16.6. The maximum absolute atomic E-state index is 12.2. The molecule has 5 heteroatoms. The lowest BCUT2D eigenvalue weighted by Gasteiger charge is -2.26. The van der Waals surface area contributed by atoms with Gasteiger partial charge in [-0.2, -0.15) is 0 Å². The average Bonchev–Trinajstić information content (AvgIpc) is 2.94. The van der Waals surface area contributed by atoms with Crippen LogP contribution in [0.3, 0.4) is 0 Å². The van der Waals surface area contributed by atoms with Gasteiger partial charge in [0.25, 0.3) is 0 Å². The van der Waals surface area contributed by atoms with Gasteiger partial charge in [0, 0.05) is 6.42 Å². The van der Waals surface area contributed by atoms with Gasteiger partial charge in [-0.3, -0.25) is 4.79 Å². The van der Waals surface area contributed by atoms with Gasteiger partial charge in [-0.05, 0) is 57.8 Å². The molecule has 0 spiro atoms. The van der Waals surface area contributed by atoms with Crippen LogP contribution in [0.4, 0.5) is 0 Å². The van der Waals surface area contributed by atoms with Crippen molar-refractivity contribution >= 4 is 5.91 Å². The van der Waals surface area contributed by atoms with Crippen molar-refractivity contribution in [1.82, 2.24) is 5.32 Å². The van der Waals surface area contributed by atoms with Gasteiger partial charge >= 0.3 is 0 Å². The molecule has 0 aliphatic carbocycles. The van der Waals surface area contributed by atoms with Crippen LogP contribution in [0.1, 0.15) is 162 Å². The number of hydrogen-bond acceptors (Lipinski definition) is 4. The van der Waals surface area contributed by atoms with Crippen LogP contribution in [-0.4, -0.2) is 46.1 Å². The zero-order valence-corrected chi connectivity index (χ0v) is 25.8. The Bertz CT molecular complexity index is 578. The summed E-state index contributed by atoms with van der Waals surface area (Å²) < 4.78 is 0. The highest BCUT2D eigenvalue weighted by molar-refractivity contribution is 5.76. The first-order valence-corrected chi connectivity index (χ1v) is 16.6. The van der Waals surface area contributed by atoms with Crippen LogP contribution in [0.25, 0.3) is 0 Å². The summed E-state index contributed by atoms with van der Waals surface area (Å²) in [6, 6.07) is -0.835. The molecular weight excluding hydrogens is 486 g/mol. The van der Waals surface area contributed by atoms with Crippen LogP contribution in [-0.2, 0) is 4.79 Å². The third-order valence-corrected chi connectivity index (χ3v) is 7.53. The number of rotatable bonds is 29. The predicted octanol–water partition coefficient (Wildman–Crippen LogP) is 8.31. The van der Waals surface area contributed by atoms with E-state index in [1.54, 1.807) is 0 Å². The number of aliphatic hydroxyl groups is 3. The Morgan fingerprint density at radius 3 is 1.51 bits per heavy atom. The largest absolute Gasteiger partial charge is 0.394 e. The Balaban J connectivity index is 3.79. The normalized spacial score (nSPS) is 14.3. The molecule has 3 unspecified atom stereocenters. The third kappa shape index (κ3) is 25.5. The topological polar surface area (TPSA) is 89.8 Å². The Morgan fingerprint density at radius 1 is 0.615 bits per heavy atom. The second kappa shape index (κ2) is 29.8. The number of hydrogen-bond donors (Lipinski definition) is 4. The Hall–Kier alpha value is -1.17. The van der Waals surface area contributed by atoms with Crippen LogP contribution in [0.15, 0.2) is 24.3 Å². The van der Waals surface area contributed by atoms with E-state index in [4.69, 9.17) is 0 Å². The molecule has 0 radical (unpaired) electrons. The van der Waals surface area contributed by atoms with Gasteiger partial charge in [0.1, 0.15) is 6.10 Å². The Labute approximate surface area is 241 Å². The second-order valence-electron chi connectivity index (χ2n) is 11.4. The fraction of sp³-hybridized carbons (Fsp3) is 0.853. The molecule has 3 atom stereocenters. The zero-order valence-electron chi connectivity index (χ0n) is 25.8. The lowest BCUT2D eigenvalue weighted by molar-refractivity contribution is -0.124. The van der Waals surface area contributed by atoms with Crippen molar-refractivity contribution in [2.45, 2.75) is 180 Å². The maximum Gasteiger partial charge on any atom is 0.220 e. The fourth-order valence-corrected chi connectivity index (χ4v) is 4.87. The van der Waals surface area contributed by atoms with E-state index in [1.807, 2.05) is 0 Å². The molecule has 0 aromatic carbocycles. The summed E-state index contributed by atoms with van der Waals surface area (Å²) in [5.41, 5.74) is 0. The van der Waals surface area contributed by atoms with Crippen molar-refractivity contribution in [2.75, 3.05) is 6.61 Å². The number of carbonyl (C=O) groups is 1. The summed E-state index contributed by atoms with van der Waals surface area (Å²) in [6.45, 7) is 4.09. The maximum atomic E-state index is 12.2. The molecule has 0 bridgehead atoms. The number of unbranched alkanes of at least 4 members (excludes halogenated alkanes) is 17. The van der Waals surface area contributed by atoms with Crippen molar-refractivity contribution in [3.8, 4) is 0 Å². The first-order chi connectivity index (χ1) is 19.1. The standard InChI is InChI=1S/C34H65NO4/c1-3-5-7-9-11-13-14-15-16-17-18-19-21-22-24-26-28-32(37)34(39)31(30-36)35-33(38)29-27-25-23-20-12-10-8-6-4-2/h20-23,31-32,34,36-37,39H,3-19,24-30H2,1-2H3,(H,35,38)/b22-21+,23-20-. The Morgan fingerprint density at radius 2 is 1.03 bits per heavy atom. The van der Waals surface area contributed by atoms with Gasteiger partial charge in [-0.25, -0.2) is 0 Å². The molecule has 0 aromatic rings. The monoisotopic (exact) mass is 551 g/mol. The second-order valence-corrected chi connectivity index (χ2v) is 11.4. The van der Waals surface area contributed by atoms with E-state index < -0.39 is 18.2 Å². The minimum absolute atomic E-state index is 0.193. The summed E-state index contributed by atoms with van der Waals surface area (Å²) >= 11 is 0. The van der Waals surface area contributed by atoms with Crippen LogP contribution in [0.5, 0.6) is 0 Å². The van der Waals surface area contributed by atoms with Gasteiger partial charge in [0.2, 0.25) is 5.91 Å². The van der Waals surface area contributed by atoms with Crippen molar-refractivity contribution in [1.29, 1.82) is 0 Å². The van der Waals surface area contributed by atoms with Crippen LogP contribution in [0.2, 0.25) is 0 Å². The van der Waals surface area contributed by atoms with E-state index >= 15 is 0 Å². The summed E-state index contributed by atoms with van der Waals surface area (Å²) in [5, 5.41) is 33.1. The number of aliphatic hydroxyl groups excluding tert-OH is 3. The predicted molar refractivity (Wildman–Crippen MR) is 167 cm³/mol. The molecule has 0 aromatic heterocycles. The van der Waals surface area contributed by atoms with Gasteiger partial charge in [0.05, 0.1) is 18.8 Å². The quantitative estimate of drug-likeness (QED) is 0.0556. The average molecular weight is 552 g/mol. The lowest BCUT2D eigenvalue weighted by Crippen LogP contribution is -2.50. The minimum Gasteiger partial charge on any atom is -0.394 e. The highest BCUT2D eigenvalue weighted by Crippen LogP contribution is 2.13. The van der Waals surface area contributed by atoms with Crippen molar-refractivity contribution in [2.24, 2.45) is 0 Å². The minimum atomic E-state index is -1.16. The van der Waals surface area contributed by atoms with Gasteiger partial charge in [-0.15, -0.1) is 0 Å². The molecule has 0 aliphatic heterocycles. The molecule has 1 amide bonds. The first kappa shape index (κ1) is 37.8. The molecule has 4 N–H and O–H groups in total. The molecule has 39 heavy (non-hydrogen) atoms. The summed E-state index contributed by atoms with van der Waals surface area (Å²) in [5.74, 6) is -0.193. The fourth-order valence-electron chi connectivity index (χ4n) is 4.87. The molecule has 230 valence electrons. The van der Waals surface area contributed by atoms with Crippen LogP contribution >= 0.6 is 0 Å². The molecule has 0 saturated carbocycles. The van der Waals surface area contributed by atoms with Gasteiger partial charge < -0.3 is 20.6 Å². The van der Waals surface area contributed by atoms with E-state index in [-0.39, 0.29) is 12.5 Å². The van der Waals surface area contributed by atoms with E-state index in [9.17, 15) is 20.1 Å². The highest BCUT2D eigenvalue weighted by atomic mass is 16.3. The summed E-state index contributed by atoms with van der Waals surface area (Å²) in [6.07, 6.45) is 32.8. The third-order valence-electron chi connectivity index (χ3n) is 7.53. The highest BCUT2D eigenvalue weighted by Gasteiger charge is 2.26. The van der Waals surface area contributed by atoms with Crippen molar-refractivity contribution in [3.63, 3.8) is 0 Å². The zero-order chi connectivity index (χ0) is 28.8. The number of allylic oxidation sites excluding steroid dienone is 4. The molecule has 0 fully saturated rings. The summed E-state index contributed by atoms with van der Waals surface area (Å²) in [7, 11) is 0. The number of amides is 1. The summed E-state index contributed by atoms with van der Waals surface area (Å²) in [4.78, 5) is 12.2. The van der Waals surface area contributed by atoms with E-state index in [0.717, 1.165) is 38.5 Å². The van der Waals surface area contributed by atoms with Crippen LogP contribution in [0, 0.1) is 0 Å². The number of nitrogens with one attached hydrogen (secondary N) is 1. The van der Waals surface area contributed by atoms with Gasteiger partial charge in [0.15, 0.2) is 0 Å². The molecule has 0 aliphatic rings. The van der Waals surface area contributed by atoms with Gasteiger partial charge in [-0.1, -0.05) is 122 Å². The smallest absolute Gasteiger partial charge is 0.220 e. The Kier molecular flexibility index (Phi) is 28.9. The molecule has 5 nitrogen and oxygen atoms in total. The van der Waals surface area contributed by atoms with Crippen LogP contribution < -0.4 is 5.32 Å². The van der Waals surface area contributed by atoms with Crippen molar-refractivity contribution < 1.29 is 20.1 Å². The SMILES string of the molecule is CCCCCC/C=C\CCCC(=O)NC(CO)C(O)C(O)CCC/C=C/CCCCCCCCCCCCC. The van der Waals surface area contributed by atoms with E-state index in [1.165, 1.54) is 96.3 Å². The molecule has 0 saturated heterocycles. The molecule has 0 heterocycles. The lowest BCUT2D eigenvalue weighted by atomic mass is 10.0. The molecular formula is C34H65NO4. The van der Waals surface area contributed by atoms with E-state index in [2.05, 4.69) is 43.5 Å². The molecule has 0 rings (SSSR count).